The van der Waals surface area contributed by atoms with Gasteiger partial charge < -0.3 is 19.8 Å². The van der Waals surface area contributed by atoms with Crippen molar-refractivity contribution in [2.45, 2.75) is 20.4 Å². The lowest BCUT2D eigenvalue weighted by molar-refractivity contribution is 0.322. The summed E-state index contributed by atoms with van der Waals surface area (Å²) in [6.45, 7) is 6.50. The van der Waals surface area contributed by atoms with Gasteiger partial charge in [-0.15, -0.1) is 0 Å². The Labute approximate surface area is 165 Å². The summed E-state index contributed by atoms with van der Waals surface area (Å²) in [7, 11) is 0. The molecule has 3 aromatic rings. The molecule has 0 aliphatic carbocycles. The molecule has 1 aromatic heterocycles. The summed E-state index contributed by atoms with van der Waals surface area (Å²) in [5.74, 6) is 2.19. The van der Waals surface area contributed by atoms with Crippen LogP contribution in [0.15, 0.2) is 70.3 Å². The molecule has 0 aliphatic rings. The number of para-hydroxylation sites is 1. The van der Waals surface area contributed by atoms with Gasteiger partial charge in [0.05, 0.1) is 13.1 Å². The summed E-state index contributed by atoms with van der Waals surface area (Å²) in [6.07, 6.45) is 1.65. The number of ether oxygens (including phenoxy) is 1. The summed E-state index contributed by atoms with van der Waals surface area (Å²) in [6, 6.07) is 17.9. The highest BCUT2D eigenvalue weighted by Crippen LogP contribution is 2.19. The average molecular weight is 378 g/mol. The molecule has 0 bridgehead atoms. The number of nitrogens with zero attached hydrogens (tertiary/aromatic N) is 2. The van der Waals surface area contributed by atoms with E-state index in [-0.39, 0.29) is 0 Å². The predicted octanol–water partition coefficient (Wildman–Crippen LogP) is 3.78. The minimum Gasteiger partial charge on any atom is -0.492 e. The molecule has 0 saturated carbocycles. The lowest BCUT2D eigenvalue weighted by atomic mass is 10.1. The fraction of sp³-hybridized carbons (Fsp3) is 0.273. The minimum atomic E-state index is 0.435. The Balaban J connectivity index is 1.51. The monoisotopic (exact) mass is 378 g/mol. The SMILES string of the molecule is CCNC(=NCc1coc(-c2ccc(C)cc2)n1)NCCOc1ccccc1. The fourth-order valence-electron chi connectivity index (χ4n) is 2.57. The van der Waals surface area contributed by atoms with Crippen LogP contribution >= 0.6 is 0 Å². The zero-order valence-corrected chi connectivity index (χ0v) is 16.3. The van der Waals surface area contributed by atoms with Crippen LogP contribution in [0.4, 0.5) is 0 Å². The second-order valence-corrected chi connectivity index (χ2v) is 6.29. The first kappa shape index (κ1) is 19.5. The quantitative estimate of drug-likeness (QED) is 0.355. The summed E-state index contributed by atoms with van der Waals surface area (Å²) in [5, 5.41) is 6.48. The van der Waals surface area contributed by atoms with Crippen LogP contribution in [0.3, 0.4) is 0 Å². The van der Waals surface area contributed by atoms with Gasteiger partial charge >= 0.3 is 0 Å². The lowest BCUT2D eigenvalue weighted by Crippen LogP contribution is -2.39. The third kappa shape index (κ3) is 5.87. The van der Waals surface area contributed by atoms with Gasteiger partial charge in [0, 0.05) is 12.1 Å². The van der Waals surface area contributed by atoms with E-state index in [1.807, 2.05) is 61.5 Å². The predicted molar refractivity (Wildman–Crippen MR) is 111 cm³/mol. The molecular weight excluding hydrogens is 352 g/mol. The van der Waals surface area contributed by atoms with Crippen molar-refractivity contribution in [1.29, 1.82) is 0 Å². The van der Waals surface area contributed by atoms with Gasteiger partial charge in [-0.1, -0.05) is 35.9 Å². The van der Waals surface area contributed by atoms with Crippen molar-refractivity contribution in [1.82, 2.24) is 15.6 Å². The van der Waals surface area contributed by atoms with Crippen LogP contribution in [0.1, 0.15) is 18.2 Å². The molecule has 6 nitrogen and oxygen atoms in total. The second kappa shape index (κ2) is 10.2. The average Bonchev–Trinajstić information content (AvgIpc) is 3.19. The molecule has 0 atom stereocenters. The van der Waals surface area contributed by atoms with Crippen LogP contribution < -0.4 is 15.4 Å². The van der Waals surface area contributed by atoms with Crippen molar-refractivity contribution in [3.63, 3.8) is 0 Å². The van der Waals surface area contributed by atoms with Crippen LogP contribution in [0.2, 0.25) is 0 Å². The Hall–Kier alpha value is -3.28. The highest BCUT2D eigenvalue weighted by atomic mass is 16.5. The number of aliphatic imine (C=N–C) groups is 1. The summed E-state index contributed by atoms with van der Waals surface area (Å²) >= 11 is 0. The standard InChI is InChI=1S/C22H26N4O2/c1-3-23-22(24-13-14-27-20-7-5-4-6-8-20)25-15-19-16-28-21(26-19)18-11-9-17(2)10-12-18/h4-12,16H,3,13-15H2,1-2H3,(H2,23,24,25). The minimum absolute atomic E-state index is 0.435. The molecule has 28 heavy (non-hydrogen) atoms. The molecule has 0 unspecified atom stereocenters. The van der Waals surface area contributed by atoms with E-state index in [0.717, 1.165) is 29.5 Å². The molecular formula is C22H26N4O2. The largest absolute Gasteiger partial charge is 0.492 e. The molecule has 2 aromatic carbocycles. The van der Waals surface area contributed by atoms with Gasteiger partial charge in [0.25, 0.3) is 0 Å². The Kier molecular flexibility index (Phi) is 7.07. The highest BCUT2D eigenvalue weighted by molar-refractivity contribution is 5.79. The van der Waals surface area contributed by atoms with Gasteiger partial charge in [0.15, 0.2) is 5.96 Å². The van der Waals surface area contributed by atoms with E-state index in [4.69, 9.17) is 9.15 Å². The Morgan fingerprint density at radius 3 is 2.61 bits per heavy atom. The molecule has 3 rings (SSSR count). The number of nitrogens with one attached hydrogen (secondary N) is 2. The van der Waals surface area contributed by atoms with Crippen molar-refractivity contribution in [3.8, 4) is 17.2 Å². The maximum absolute atomic E-state index is 5.69. The maximum atomic E-state index is 5.69. The summed E-state index contributed by atoms with van der Waals surface area (Å²) < 4.78 is 11.3. The Bertz CT molecular complexity index is 873. The zero-order valence-electron chi connectivity index (χ0n) is 16.3. The summed E-state index contributed by atoms with van der Waals surface area (Å²) in [5.41, 5.74) is 2.95. The van der Waals surface area contributed by atoms with Gasteiger partial charge in [0.1, 0.15) is 24.3 Å². The molecule has 0 amide bonds. The van der Waals surface area contributed by atoms with Crippen molar-refractivity contribution in [3.05, 3.63) is 72.1 Å². The number of oxazole rings is 1. The first-order chi connectivity index (χ1) is 13.7. The van der Waals surface area contributed by atoms with Crippen molar-refractivity contribution in [2.24, 2.45) is 4.99 Å². The zero-order chi connectivity index (χ0) is 19.6. The van der Waals surface area contributed by atoms with E-state index < -0.39 is 0 Å². The molecule has 1 heterocycles. The molecule has 0 saturated heterocycles. The number of aryl methyl sites for hydroxylation is 1. The number of hydrogen-bond acceptors (Lipinski definition) is 4. The van der Waals surface area contributed by atoms with Crippen LogP contribution in [0, 0.1) is 6.92 Å². The number of benzene rings is 2. The van der Waals surface area contributed by atoms with E-state index in [0.29, 0.717) is 25.6 Å². The molecule has 0 radical (unpaired) electrons. The second-order valence-electron chi connectivity index (χ2n) is 6.29. The third-order valence-electron chi connectivity index (χ3n) is 4.00. The first-order valence-electron chi connectivity index (χ1n) is 9.46. The summed E-state index contributed by atoms with van der Waals surface area (Å²) in [4.78, 5) is 9.09. The molecule has 0 aliphatic heterocycles. The van der Waals surface area contributed by atoms with E-state index in [2.05, 4.69) is 27.5 Å². The molecule has 0 fully saturated rings. The Morgan fingerprint density at radius 2 is 1.86 bits per heavy atom. The molecule has 0 spiro atoms. The number of hydrogen-bond donors (Lipinski definition) is 2. The third-order valence-corrected chi connectivity index (χ3v) is 4.00. The van der Waals surface area contributed by atoms with Gasteiger partial charge in [-0.2, -0.15) is 0 Å². The van der Waals surface area contributed by atoms with Crippen LogP contribution in [0.5, 0.6) is 5.75 Å². The number of aromatic nitrogens is 1. The van der Waals surface area contributed by atoms with Gasteiger partial charge in [-0.3, -0.25) is 0 Å². The highest BCUT2D eigenvalue weighted by Gasteiger charge is 2.06. The van der Waals surface area contributed by atoms with E-state index in [1.165, 1.54) is 5.56 Å². The number of guanidine groups is 1. The smallest absolute Gasteiger partial charge is 0.226 e. The van der Waals surface area contributed by atoms with Gasteiger partial charge in [0.2, 0.25) is 5.89 Å². The lowest BCUT2D eigenvalue weighted by Gasteiger charge is -2.11. The van der Waals surface area contributed by atoms with E-state index in [9.17, 15) is 0 Å². The van der Waals surface area contributed by atoms with Crippen molar-refractivity contribution >= 4 is 5.96 Å². The van der Waals surface area contributed by atoms with E-state index >= 15 is 0 Å². The van der Waals surface area contributed by atoms with Crippen LogP contribution in [-0.2, 0) is 6.54 Å². The number of rotatable bonds is 8. The topological polar surface area (TPSA) is 71.7 Å². The van der Waals surface area contributed by atoms with E-state index in [1.54, 1.807) is 6.26 Å². The van der Waals surface area contributed by atoms with Crippen molar-refractivity contribution < 1.29 is 9.15 Å². The normalized spacial score (nSPS) is 11.3. The molecule has 6 heteroatoms. The molecule has 2 N–H and O–H groups in total. The fourth-order valence-corrected chi connectivity index (χ4v) is 2.57. The van der Waals surface area contributed by atoms with Crippen molar-refractivity contribution in [2.75, 3.05) is 19.7 Å². The van der Waals surface area contributed by atoms with Crippen LogP contribution in [-0.4, -0.2) is 30.6 Å². The first-order valence-corrected chi connectivity index (χ1v) is 9.46. The van der Waals surface area contributed by atoms with Crippen LogP contribution in [0.25, 0.3) is 11.5 Å². The van der Waals surface area contributed by atoms with Gasteiger partial charge in [-0.25, -0.2) is 9.98 Å². The Morgan fingerprint density at radius 1 is 1.07 bits per heavy atom. The molecule has 146 valence electrons. The maximum Gasteiger partial charge on any atom is 0.226 e. The van der Waals surface area contributed by atoms with Gasteiger partial charge in [-0.05, 0) is 38.1 Å².